The molecule has 7 nitrogen and oxygen atoms in total. The van der Waals surface area contributed by atoms with Gasteiger partial charge in [-0.3, -0.25) is 4.79 Å². The van der Waals surface area contributed by atoms with Crippen LogP contribution in [0, 0.1) is 17.5 Å². The normalized spacial score (nSPS) is 15.2. The summed E-state index contributed by atoms with van der Waals surface area (Å²) in [4.78, 5) is 24.6. The summed E-state index contributed by atoms with van der Waals surface area (Å²) in [6.45, 7) is 3.62. The van der Waals surface area contributed by atoms with Gasteiger partial charge in [0.1, 0.15) is 5.69 Å². The summed E-state index contributed by atoms with van der Waals surface area (Å²) in [6.07, 6.45) is 4.91. The van der Waals surface area contributed by atoms with Crippen molar-refractivity contribution in [3.05, 3.63) is 35.3 Å². The zero-order valence-corrected chi connectivity index (χ0v) is 16.6. The van der Waals surface area contributed by atoms with E-state index in [0.717, 1.165) is 13.0 Å². The monoisotopic (exact) mass is 414 g/mol. The first kappa shape index (κ1) is 22.7. The highest BCUT2D eigenvalue weighted by molar-refractivity contribution is 6.05. The number of Topliss-reactive ketones (excluding diaryl/α,β-unsaturated/α-hetero) is 1. The molecule has 29 heavy (non-hydrogen) atoms. The van der Waals surface area contributed by atoms with Crippen LogP contribution in [0.3, 0.4) is 0 Å². The second-order valence-corrected chi connectivity index (χ2v) is 6.55. The molecule has 160 valence electrons. The zero-order chi connectivity index (χ0) is 21.6. The van der Waals surface area contributed by atoms with Crippen LogP contribution in [0.5, 0.6) is 0 Å². The van der Waals surface area contributed by atoms with E-state index in [1.54, 1.807) is 0 Å². The van der Waals surface area contributed by atoms with Gasteiger partial charge in [-0.2, -0.15) is 0 Å². The molecule has 0 atom stereocenters. The van der Waals surface area contributed by atoms with E-state index in [4.69, 9.17) is 0 Å². The number of benzene rings is 1. The lowest BCUT2D eigenvalue weighted by Gasteiger charge is -2.25. The Kier molecular flexibility index (Phi) is 8.03. The Bertz CT molecular complexity index is 790. The minimum absolute atomic E-state index is 0.235. The van der Waals surface area contributed by atoms with Gasteiger partial charge in [-0.05, 0) is 39.3 Å². The van der Waals surface area contributed by atoms with Crippen LogP contribution in [0.25, 0.3) is 0 Å². The molecule has 0 aromatic heterocycles. The number of nitrogens with one attached hydrogen (secondary N) is 3. The van der Waals surface area contributed by atoms with Crippen LogP contribution in [-0.2, 0) is 9.53 Å². The number of nitrogens with zero attached hydrogens (tertiary/aromatic N) is 1. The van der Waals surface area contributed by atoms with Crippen LogP contribution in [-0.4, -0.2) is 45.0 Å². The molecule has 0 spiro atoms. The van der Waals surface area contributed by atoms with Crippen LogP contribution in [0.1, 0.15) is 36.5 Å². The number of ether oxygens (including phenoxy) is 1. The van der Waals surface area contributed by atoms with Crippen molar-refractivity contribution in [2.75, 3.05) is 37.6 Å². The number of anilines is 2. The first-order chi connectivity index (χ1) is 13.8. The maximum absolute atomic E-state index is 14.5. The smallest absolute Gasteiger partial charge is 0.331 e. The second-order valence-electron chi connectivity index (χ2n) is 6.55. The number of ketones is 1. The highest BCUT2D eigenvalue weighted by Gasteiger charge is 2.36. The van der Waals surface area contributed by atoms with Gasteiger partial charge < -0.3 is 20.4 Å². The van der Waals surface area contributed by atoms with Gasteiger partial charge in [0, 0.05) is 25.4 Å². The molecule has 0 unspecified atom stereocenters. The van der Waals surface area contributed by atoms with Crippen LogP contribution in [0.15, 0.2) is 12.3 Å². The number of hydrogen-bond acceptors (Lipinski definition) is 7. The molecule has 2 fully saturated rings. The number of hydrazine groups is 1. The lowest BCUT2D eigenvalue weighted by atomic mass is 10.0. The van der Waals surface area contributed by atoms with E-state index < -0.39 is 40.6 Å². The Morgan fingerprint density at radius 1 is 1.17 bits per heavy atom. The molecule has 2 aliphatic rings. The lowest BCUT2D eigenvalue weighted by molar-refractivity contribution is -0.134. The Balaban J connectivity index is 0.000000666. The van der Waals surface area contributed by atoms with Crippen molar-refractivity contribution < 1.29 is 27.5 Å². The molecular formula is C19H25F3N4O3. The Labute approximate surface area is 167 Å². The summed E-state index contributed by atoms with van der Waals surface area (Å²) in [5, 5.41) is 3.11. The summed E-state index contributed by atoms with van der Waals surface area (Å²) in [6, 6.07) is -0.235. The van der Waals surface area contributed by atoms with Gasteiger partial charge in [0.15, 0.2) is 23.2 Å². The highest BCUT2D eigenvalue weighted by Crippen LogP contribution is 2.41. The van der Waals surface area contributed by atoms with E-state index in [1.807, 2.05) is 0 Å². The third-order valence-corrected chi connectivity index (χ3v) is 4.38. The standard InChI is InChI=1S/C16H18F3N3O3.C3H7N/c1-8(23)11-15(21-20-2)13(18)12(17)14(19)16(11)22(9-4-5-9)7-6-10(24)25-3;1-2-4-3-1/h6-7,9,20-21H,4-5H2,1-3H3;4H,1-3H2/b7-6+;. The largest absolute Gasteiger partial charge is 0.466 e. The first-order valence-electron chi connectivity index (χ1n) is 9.22. The van der Waals surface area contributed by atoms with Crippen molar-refractivity contribution in [3.63, 3.8) is 0 Å². The average Bonchev–Trinajstić information content (AvgIpc) is 3.46. The van der Waals surface area contributed by atoms with Gasteiger partial charge in [0.2, 0.25) is 0 Å². The molecule has 1 aliphatic carbocycles. The molecule has 3 N–H and O–H groups in total. The van der Waals surface area contributed by atoms with Crippen LogP contribution < -0.4 is 21.1 Å². The fourth-order valence-electron chi connectivity index (χ4n) is 2.59. The number of halogens is 3. The third-order valence-electron chi connectivity index (χ3n) is 4.38. The predicted octanol–water partition coefficient (Wildman–Crippen LogP) is 2.49. The van der Waals surface area contributed by atoms with E-state index in [9.17, 15) is 22.8 Å². The van der Waals surface area contributed by atoms with Crippen molar-refractivity contribution in [1.29, 1.82) is 0 Å². The lowest BCUT2D eigenvalue weighted by Crippen LogP contribution is -2.29. The maximum atomic E-state index is 14.5. The molecule has 1 aromatic rings. The summed E-state index contributed by atoms with van der Waals surface area (Å²) >= 11 is 0. The van der Waals surface area contributed by atoms with Crippen molar-refractivity contribution in [2.24, 2.45) is 0 Å². The molecule has 3 rings (SSSR count). The molecule has 1 saturated heterocycles. The molecule has 1 aromatic carbocycles. The van der Waals surface area contributed by atoms with Gasteiger partial charge >= 0.3 is 5.97 Å². The molecule has 1 aliphatic heterocycles. The average molecular weight is 414 g/mol. The number of rotatable bonds is 7. The van der Waals surface area contributed by atoms with E-state index in [1.165, 1.54) is 44.8 Å². The van der Waals surface area contributed by atoms with E-state index in [2.05, 4.69) is 20.9 Å². The number of carbonyl (C=O) groups excluding carboxylic acids is 2. The Morgan fingerprint density at radius 2 is 1.76 bits per heavy atom. The van der Waals surface area contributed by atoms with Crippen LogP contribution in [0.4, 0.5) is 24.5 Å². The molecule has 0 bridgehead atoms. The number of carbonyl (C=O) groups is 2. The van der Waals surface area contributed by atoms with E-state index in [-0.39, 0.29) is 11.6 Å². The third kappa shape index (κ3) is 5.48. The summed E-state index contributed by atoms with van der Waals surface area (Å²) in [5.41, 5.74) is 3.45. The van der Waals surface area contributed by atoms with Crippen LogP contribution in [0.2, 0.25) is 0 Å². The minimum Gasteiger partial charge on any atom is -0.466 e. The molecule has 10 heteroatoms. The molecular weight excluding hydrogens is 389 g/mol. The first-order valence-corrected chi connectivity index (χ1v) is 9.22. The Hall–Kier alpha value is -2.59. The van der Waals surface area contributed by atoms with Gasteiger partial charge in [0.05, 0.1) is 18.4 Å². The summed E-state index contributed by atoms with van der Waals surface area (Å²) < 4.78 is 47.2. The molecule has 1 heterocycles. The van der Waals surface area contributed by atoms with E-state index in [0.29, 0.717) is 12.8 Å². The van der Waals surface area contributed by atoms with E-state index >= 15 is 0 Å². The van der Waals surface area contributed by atoms with Crippen LogP contribution >= 0.6 is 0 Å². The minimum atomic E-state index is -1.71. The fraction of sp³-hybridized carbons (Fsp3) is 0.474. The van der Waals surface area contributed by atoms with Gasteiger partial charge in [-0.25, -0.2) is 23.4 Å². The van der Waals surface area contributed by atoms with Gasteiger partial charge in [-0.15, -0.1) is 0 Å². The highest BCUT2D eigenvalue weighted by atomic mass is 19.2. The molecule has 0 radical (unpaired) electrons. The second kappa shape index (κ2) is 10.3. The Morgan fingerprint density at radius 3 is 2.17 bits per heavy atom. The number of esters is 1. The number of methoxy groups -OCH3 is 1. The molecule has 1 saturated carbocycles. The summed E-state index contributed by atoms with van der Waals surface area (Å²) in [7, 11) is 2.56. The van der Waals surface area contributed by atoms with Gasteiger partial charge in [0.25, 0.3) is 0 Å². The maximum Gasteiger partial charge on any atom is 0.331 e. The predicted molar refractivity (Wildman–Crippen MR) is 103 cm³/mol. The molecule has 0 amide bonds. The topological polar surface area (TPSA) is 82.7 Å². The summed E-state index contributed by atoms with van der Waals surface area (Å²) in [5.74, 6) is -6.08. The van der Waals surface area contributed by atoms with Gasteiger partial charge in [-0.1, -0.05) is 0 Å². The number of hydrogen-bond donors (Lipinski definition) is 3. The van der Waals surface area contributed by atoms with Crippen molar-refractivity contribution in [3.8, 4) is 0 Å². The fourth-order valence-corrected chi connectivity index (χ4v) is 2.59. The zero-order valence-electron chi connectivity index (χ0n) is 16.6. The quantitative estimate of drug-likeness (QED) is 0.208. The van der Waals surface area contributed by atoms with Crippen molar-refractivity contribution >= 4 is 23.1 Å². The van der Waals surface area contributed by atoms with Crippen molar-refractivity contribution in [2.45, 2.75) is 32.2 Å². The van der Waals surface area contributed by atoms with Crippen molar-refractivity contribution in [1.82, 2.24) is 10.7 Å². The SMILES string of the molecule is C1CNC1.CNNc1c(F)c(F)c(F)c(N(/C=C/C(=O)OC)C2CC2)c1C(C)=O.